The maximum absolute atomic E-state index is 13.3. The number of nitrogens with one attached hydrogen (secondary N) is 1. The van der Waals surface area contributed by atoms with Crippen molar-refractivity contribution in [3.8, 4) is 11.4 Å². The summed E-state index contributed by atoms with van der Waals surface area (Å²) in [5.74, 6) is -1.62. The molecule has 1 aliphatic carbocycles. The van der Waals surface area contributed by atoms with Gasteiger partial charge in [0.2, 0.25) is 0 Å². The second-order valence-electron chi connectivity index (χ2n) is 7.73. The first kappa shape index (κ1) is 24.2. The molecule has 1 aliphatic rings. The molecule has 3 heterocycles. The molecular weight excluding hydrogens is 482 g/mol. The van der Waals surface area contributed by atoms with Gasteiger partial charge in [0, 0.05) is 35.1 Å². The number of carboxylic acids is 1. The molecule has 8 nitrogen and oxygen atoms in total. The van der Waals surface area contributed by atoms with Gasteiger partial charge in [-0.15, -0.1) is 5.10 Å². The van der Waals surface area contributed by atoms with E-state index in [-0.39, 0.29) is 34.3 Å². The van der Waals surface area contributed by atoms with Gasteiger partial charge in [-0.05, 0) is 37.1 Å². The van der Waals surface area contributed by atoms with E-state index in [4.69, 9.17) is 0 Å². The molecule has 35 heavy (non-hydrogen) atoms. The van der Waals surface area contributed by atoms with Gasteiger partial charge in [0.05, 0.1) is 5.57 Å². The van der Waals surface area contributed by atoms with Gasteiger partial charge < -0.3 is 10.4 Å². The number of pyridine rings is 2. The molecule has 3 aromatic rings. The monoisotopic (exact) mass is 498 g/mol. The second kappa shape index (κ2) is 9.00. The highest BCUT2D eigenvalue weighted by Crippen LogP contribution is 2.41. The van der Waals surface area contributed by atoms with Crippen LogP contribution in [0.3, 0.4) is 0 Å². The van der Waals surface area contributed by atoms with Gasteiger partial charge in [0.1, 0.15) is 24.4 Å². The Labute approximate surface area is 193 Å². The third-order valence-electron chi connectivity index (χ3n) is 4.93. The lowest BCUT2D eigenvalue weighted by Gasteiger charge is -2.09. The third-order valence-corrected chi connectivity index (χ3v) is 4.93. The summed E-state index contributed by atoms with van der Waals surface area (Å²) in [6.45, 7) is -1.31. The molecule has 184 valence electrons. The Balaban J connectivity index is 1.61. The quantitative estimate of drug-likeness (QED) is 0.360. The fraction of sp³-hybridized carbons (Fsp3) is 0.286. The SMILES string of the molecule is O=C(O)/C(=C/n1cnc(-c2cc(C3CC3)nc(C(F)(F)F)c2)n1)c1ccc(NCC(F)(F)F)nc1. The number of rotatable bonds is 7. The number of alkyl halides is 6. The minimum atomic E-state index is -4.66. The molecule has 0 radical (unpaired) electrons. The molecule has 0 saturated heterocycles. The summed E-state index contributed by atoms with van der Waals surface area (Å²) >= 11 is 0. The summed E-state index contributed by atoms with van der Waals surface area (Å²) in [5, 5.41) is 15.7. The molecule has 0 amide bonds. The van der Waals surface area contributed by atoms with Gasteiger partial charge in [-0.1, -0.05) is 0 Å². The molecule has 0 spiro atoms. The first-order valence-corrected chi connectivity index (χ1v) is 10.1. The summed E-state index contributed by atoms with van der Waals surface area (Å²) in [5.41, 5.74) is -0.953. The van der Waals surface area contributed by atoms with Crippen LogP contribution < -0.4 is 5.32 Å². The number of nitrogens with zero attached hydrogens (tertiary/aromatic N) is 5. The third kappa shape index (κ3) is 6.13. The van der Waals surface area contributed by atoms with E-state index in [1.54, 1.807) is 0 Å². The Morgan fingerprint density at radius 1 is 1.14 bits per heavy atom. The van der Waals surface area contributed by atoms with Crippen LogP contribution in [0.2, 0.25) is 0 Å². The van der Waals surface area contributed by atoms with Crippen molar-refractivity contribution < 1.29 is 36.2 Å². The Hall–Kier alpha value is -3.97. The lowest BCUT2D eigenvalue weighted by molar-refractivity contribution is -0.141. The number of hydrogen-bond donors (Lipinski definition) is 2. The van der Waals surface area contributed by atoms with E-state index in [9.17, 15) is 36.2 Å². The van der Waals surface area contributed by atoms with E-state index in [0.29, 0.717) is 5.69 Å². The topological polar surface area (TPSA) is 106 Å². The van der Waals surface area contributed by atoms with Gasteiger partial charge in [-0.3, -0.25) is 0 Å². The van der Waals surface area contributed by atoms with Crippen LogP contribution in [0.4, 0.5) is 32.2 Å². The number of aromatic nitrogens is 5. The normalized spacial score (nSPS) is 14.7. The van der Waals surface area contributed by atoms with Gasteiger partial charge in [0.25, 0.3) is 0 Å². The highest BCUT2D eigenvalue weighted by Gasteiger charge is 2.36. The fourth-order valence-corrected chi connectivity index (χ4v) is 3.12. The maximum atomic E-state index is 13.3. The standard InChI is InChI=1S/C21H16F6N6O2/c22-20(23,24)9-29-17-4-3-12(7-28-17)14(19(34)35)8-33-10-30-18(32-33)13-5-15(11-1-2-11)31-16(6-13)21(25,26)27/h3-8,10-11H,1-2,9H2,(H,28,29)(H,34,35)/b14-8+. The number of aliphatic carboxylic acids is 1. The first-order valence-electron chi connectivity index (χ1n) is 10.1. The van der Waals surface area contributed by atoms with Crippen LogP contribution in [0.15, 0.2) is 36.8 Å². The van der Waals surface area contributed by atoms with E-state index in [2.05, 4.69) is 25.4 Å². The van der Waals surface area contributed by atoms with Crippen LogP contribution in [-0.4, -0.2) is 48.5 Å². The predicted molar refractivity (Wildman–Crippen MR) is 111 cm³/mol. The van der Waals surface area contributed by atoms with Crippen molar-refractivity contribution in [2.75, 3.05) is 11.9 Å². The highest BCUT2D eigenvalue weighted by atomic mass is 19.4. The van der Waals surface area contributed by atoms with Crippen LogP contribution >= 0.6 is 0 Å². The van der Waals surface area contributed by atoms with Crippen LogP contribution in [0.5, 0.6) is 0 Å². The molecule has 0 aromatic carbocycles. The zero-order valence-electron chi connectivity index (χ0n) is 17.6. The first-order chi connectivity index (χ1) is 16.4. The molecule has 0 atom stereocenters. The largest absolute Gasteiger partial charge is 0.478 e. The minimum absolute atomic E-state index is 0.0577. The van der Waals surface area contributed by atoms with Crippen molar-refractivity contribution in [3.05, 3.63) is 53.7 Å². The number of anilines is 1. The van der Waals surface area contributed by atoms with Crippen LogP contribution in [0.1, 0.15) is 35.7 Å². The second-order valence-corrected chi connectivity index (χ2v) is 7.73. The Kier molecular flexibility index (Phi) is 6.21. The molecule has 0 unspecified atom stereocenters. The lowest BCUT2D eigenvalue weighted by Crippen LogP contribution is -2.21. The average molecular weight is 498 g/mol. The summed E-state index contributed by atoms with van der Waals surface area (Å²) in [7, 11) is 0. The van der Waals surface area contributed by atoms with Gasteiger partial charge in [0.15, 0.2) is 5.82 Å². The van der Waals surface area contributed by atoms with Crippen molar-refractivity contribution in [2.45, 2.75) is 31.1 Å². The van der Waals surface area contributed by atoms with Crippen molar-refractivity contribution in [2.24, 2.45) is 0 Å². The average Bonchev–Trinajstić information content (AvgIpc) is 3.53. The number of carboxylic acid groups (broad SMARTS) is 1. The fourth-order valence-electron chi connectivity index (χ4n) is 3.12. The smallest absolute Gasteiger partial charge is 0.433 e. The van der Waals surface area contributed by atoms with Crippen LogP contribution in [0, 0.1) is 0 Å². The molecular formula is C21H16F6N6O2. The predicted octanol–water partition coefficient (Wildman–Crippen LogP) is 4.69. The molecule has 3 aromatic heterocycles. The van der Waals surface area contributed by atoms with Gasteiger partial charge in [-0.2, -0.15) is 26.3 Å². The minimum Gasteiger partial charge on any atom is -0.478 e. The van der Waals surface area contributed by atoms with Crippen molar-refractivity contribution in [3.63, 3.8) is 0 Å². The van der Waals surface area contributed by atoms with Crippen molar-refractivity contribution in [1.82, 2.24) is 24.7 Å². The van der Waals surface area contributed by atoms with Crippen molar-refractivity contribution >= 4 is 23.6 Å². The summed E-state index contributed by atoms with van der Waals surface area (Å²) in [4.78, 5) is 23.2. The Morgan fingerprint density at radius 2 is 1.89 bits per heavy atom. The van der Waals surface area contributed by atoms with Crippen LogP contribution in [-0.2, 0) is 11.0 Å². The lowest BCUT2D eigenvalue weighted by atomic mass is 10.1. The van der Waals surface area contributed by atoms with E-state index in [1.807, 2.05) is 0 Å². The summed E-state index contributed by atoms with van der Waals surface area (Å²) in [6, 6.07) is 4.73. The zero-order valence-corrected chi connectivity index (χ0v) is 17.6. The molecule has 0 aliphatic heterocycles. The van der Waals surface area contributed by atoms with E-state index in [0.717, 1.165) is 42.3 Å². The van der Waals surface area contributed by atoms with E-state index < -0.39 is 30.6 Å². The van der Waals surface area contributed by atoms with E-state index in [1.165, 1.54) is 18.2 Å². The molecule has 2 N–H and O–H groups in total. The molecule has 4 rings (SSSR count). The molecule has 1 saturated carbocycles. The summed E-state index contributed by atoms with van der Waals surface area (Å²) in [6.07, 6.45) is -4.39. The summed E-state index contributed by atoms with van der Waals surface area (Å²) < 4.78 is 77.8. The van der Waals surface area contributed by atoms with E-state index >= 15 is 0 Å². The maximum Gasteiger partial charge on any atom is 0.433 e. The Bertz CT molecular complexity index is 1260. The molecule has 14 heteroatoms. The molecule has 1 fully saturated rings. The number of halogens is 6. The van der Waals surface area contributed by atoms with Crippen LogP contribution in [0.25, 0.3) is 23.2 Å². The van der Waals surface area contributed by atoms with Crippen molar-refractivity contribution in [1.29, 1.82) is 0 Å². The zero-order chi connectivity index (χ0) is 25.4. The number of hydrogen-bond acceptors (Lipinski definition) is 6. The Morgan fingerprint density at radius 3 is 2.46 bits per heavy atom. The van der Waals surface area contributed by atoms with Gasteiger partial charge in [-0.25, -0.2) is 24.4 Å². The van der Waals surface area contributed by atoms with Gasteiger partial charge >= 0.3 is 18.3 Å². The number of carbonyl (C=O) groups is 1. The highest BCUT2D eigenvalue weighted by molar-refractivity contribution is 6.19. The molecule has 0 bridgehead atoms.